The van der Waals surface area contributed by atoms with Crippen LogP contribution in [0.5, 0.6) is 0 Å². The summed E-state index contributed by atoms with van der Waals surface area (Å²) in [6, 6.07) is 3.70. The van der Waals surface area contributed by atoms with Crippen LogP contribution < -0.4 is 5.43 Å². The van der Waals surface area contributed by atoms with Crippen molar-refractivity contribution in [2.75, 3.05) is 0 Å². The highest BCUT2D eigenvalue weighted by molar-refractivity contribution is 5.80. The highest BCUT2D eigenvalue weighted by atomic mass is 19.4. The zero-order valence-corrected chi connectivity index (χ0v) is 16.0. The second-order valence-corrected chi connectivity index (χ2v) is 7.71. The van der Waals surface area contributed by atoms with Gasteiger partial charge in [0, 0.05) is 30.2 Å². The molecule has 1 aliphatic carbocycles. The summed E-state index contributed by atoms with van der Waals surface area (Å²) in [4.78, 5) is 22.9. The Morgan fingerprint density at radius 3 is 2.32 bits per heavy atom. The van der Waals surface area contributed by atoms with Gasteiger partial charge in [-0.15, -0.1) is 0 Å². The molecule has 0 aromatic carbocycles. The molecule has 0 radical (unpaired) electrons. The van der Waals surface area contributed by atoms with Crippen molar-refractivity contribution in [3.63, 3.8) is 0 Å². The van der Waals surface area contributed by atoms with Crippen LogP contribution in [0.3, 0.4) is 0 Å². The normalized spacial score (nSPS) is 20.2. The number of hydrogen-bond acceptors (Lipinski definition) is 3. The lowest BCUT2D eigenvalue weighted by Gasteiger charge is -2.31. The lowest BCUT2D eigenvalue weighted by Crippen LogP contribution is -2.27. The Labute approximate surface area is 172 Å². The molecule has 0 aliphatic heterocycles. The van der Waals surface area contributed by atoms with Crippen molar-refractivity contribution >= 4 is 10.9 Å². The monoisotopic (exact) mass is 441 g/mol. The smallest absolute Gasteiger partial charge is 0.354 e. The van der Waals surface area contributed by atoms with Gasteiger partial charge in [-0.25, -0.2) is 0 Å². The van der Waals surface area contributed by atoms with Crippen molar-refractivity contribution in [2.45, 2.75) is 44.0 Å². The molecule has 1 N–H and O–H groups in total. The van der Waals surface area contributed by atoms with Crippen LogP contribution in [0.2, 0.25) is 0 Å². The molecule has 164 valence electrons. The van der Waals surface area contributed by atoms with Gasteiger partial charge >= 0.3 is 12.4 Å². The summed E-state index contributed by atoms with van der Waals surface area (Å²) in [6.45, 7) is 0. The molecule has 0 bridgehead atoms. The summed E-state index contributed by atoms with van der Waals surface area (Å²) < 4.78 is 78.9. The Bertz CT molecular complexity index is 1160. The number of H-pyrrole nitrogens is 1. The molecule has 4 nitrogen and oxygen atoms in total. The minimum atomic E-state index is -4.70. The maximum atomic E-state index is 13.3. The van der Waals surface area contributed by atoms with Gasteiger partial charge < -0.3 is 4.98 Å². The zero-order valence-electron chi connectivity index (χ0n) is 16.0. The van der Waals surface area contributed by atoms with Gasteiger partial charge in [0.1, 0.15) is 5.69 Å². The molecular weight excluding hydrogens is 424 g/mol. The lowest BCUT2D eigenvalue weighted by molar-refractivity contribution is -0.182. The number of fused-ring (bicyclic) bond motifs is 1. The van der Waals surface area contributed by atoms with Gasteiger partial charge in [0.2, 0.25) is 0 Å². The van der Waals surface area contributed by atoms with Crippen LogP contribution in [0.1, 0.15) is 42.9 Å². The molecule has 4 rings (SSSR count). The maximum absolute atomic E-state index is 13.3. The van der Waals surface area contributed by atoms with E-state index in [2.05, 4.69) is 15.0 Å². The first-order valence-corrected chi connectivity index (χ1v) is 9.65. The lowest BCUT2D eigenvalue weighted by atomic mass is 9.77. The fourth-order valence-corrected chi connectivity index (χ4v) is 4.16. The first kappa shape index (κ1) is 21.3. The fourth-order valence-electron chi connectivity index (χ4n) is 4.16. The van der Waals surface area contributed by atoms with E-state index in [-0.39, 0.29) is 47.9 Å². The summed E-state index contributed by atoms with van der Waals surface area (Å²) in [5.41, 5.74) is -0.256. The minimum Gasteiger partial charge on any atom is -0.354 e. The molecule has 1 saturated carbocycles. The number of alkyl halides is 6. The molecule has 0 atom stereocenters. The van der Waals surface area contributed by atoms with Crippen molar-refractivity contribution in [3.05, 3.63) is 58.3 Å². The molecule has 3 aromatic rings. The minimum absolute atomic E-state index is 0.0974. The molecule has 31 heavy (non-hydrogen) atoms. The van der Waals surface area contributed by atoms with Crippen LogP contribution in [-0.4, -0.2) is 21.1 Å². The summed E-state index contributed by atoms with van der Waals surface area (Å²) in [6.07, 6.45) is -5.25. The molecule has 10 heteroatoms. The predicted octanol–water partition coefficient (Wildman–Crippen LogP) is 5.84. The molecule has 1 fully saturated rings. The molecule has 0 amide bonds. The van der Waals surface area contributed by atoms with E-state index in [9.17, 15) is 31.1 Å². The van der Waals surface area contributed by atoms with Crippen LogP contribution in [-0.2, 0) is 6.18 Å². The molecule has 0 saturated heterocycles. The summed E-state index contributed by atoms with van der Waals surface area (Å²) >= 11 is 0. The first-order valence-electron chi connectivity index (χ1n) is 9.65. The van der Waals surface area contributed by atoms with Gasteiger partial charge in [-0.05, 0) is 49.3 Å². The Balaban J connectivity index is 1.80. The molecule has 3 heterocycles. The van der Waals surface area contributed by atoms with E-state index in [0.29, 0.717) is 10.9 Å². The van der Waals surface area contributed by atoms with Crippen molar-refractivity contribution in [1.29, 1.82) is 0 Å². The first-order chi connectivity index (χ1) is 14.5. The van der Waals surface area contributed by atoms with E-state index in [1.165, 1.54) is 18.5 Å². The molecular formula is C21H17F6N3O. The second kappa shape index (κ2) is 7.65. The molecule has 0 spiro atoms. The molecule has 0 unspecified atom stereocenters. The van der Waals surface area contributed by atoms with E-state index < -0.39 is 29.9 Å². The van der Waals surface area contributed by atoms with Crippen molar-refractivity contribution in [1.82, 2.24) is 15.0 Å². The third kappa shape index (κ3) is 4.28. The number of nitrogens with zero attached hydrogens (tertiary/aromatic N) is 2. The number of aromatic nitrogens is 3. The quantitative estimate of drug-likeness (QED) is 0.509. The van der Waals surface area contributed by atoms with Crippen LogP contribution in [0.15, 0.2) is 41.6 Å². The highest BCUT2D eigenvalue weighted by Gasteiger charge is 2.42. The summed E-state index contributed by atoms with van der Waals surface area (Å²) in [5.74, 6) is -1.96. The number of aromatic amines is 1. The van der Waals surface area contributed by atoms with Crippen LogP contribution in [0.4, 0.5) is 26.3 Å². The second-order valence-electron chi connectivity index (χ2n) is 7.71. The van der Waals surface area contributed by atoms with E-state index in [1.54, 1.807) is 6.07 Å². The number of halogens is 6. The van der Waals surface area contributed by atoms with Gasteiger partial charge in [0.25, 0.3) is 0 Å². The Morgan fingerprint density at radius 2 is 1.68 bits per heavy atom. The van der Waals surface area contributed by atoms with E-state index >= 15 is 0 Å². The largest absolute Gasteiger partial charge is 0.433 e. The third-order valence-electron chi connectivity index (χ3n) is 5.78. The summed E-state index contributed by atoms with van der Waals surface area (Å²) in [7, 11) is 0. The van der Waals surface area contributed by atoms with Gasteiger partial charge in [-0.2, -0.15) is 26.3 Å². The zero-order chi connectivity index (χ0) is 22.4. The standard InChI is InChI=1S/C21H17F6N3O/c22-20(23,24)12-3-1-11(2-4-12)13-7-19(21(25,26)27)29-10-14(13)17-8-18(31)15-9-28-6-5-16(15)30-17/h5-12H,1-4H2,(H,30,31)/t11-,12+. The van der Waals surface area contributed by atoms with Crippen molar-refractivity contribution in [2.24, 2.45) is 5.92 Å². The van der Waals surface area contributed by atoms with Crippen LogP contribution in [0, 0.1) is 5.92 Å². The van der Waals surface area contributed by atoms with Gasteiger partial charge in [0.05, 0.1) is 22.5 Å². The Hall–Kier alpha value is -2.91. The van der Waals surface area contributed by atoms with Crippen molar-refractivity contribution < 1.29 is 26.3 Å². The average Bonchev–Trinajstić information content (AvgIpc) is 2.72. The number of hydrogen-bond donors (Lipinski definition) is 1. The van der Waals surface area contributed by atoms with Crippen LogP contribution in [0.25, 0.3) is 22.2 Å². The number of rotatable bonds is 2. The third-order valence-corrected chi connectivity index (χ3v) is 5.78. The van der Waals surface area contributed by atoms with Crippen LogP contribution >= 0.6 is 0 Å². The van der Waals surface area contributed by atoms with E-state index in [0.717, 1.165) is 12.3 Å². The van der Waals surface area contributed by atoms with E-state index in [1.807, 2.05) is 0 Å². The van der Waals surface area contributed by atoms with Gasteiger partial charge in [-0.1, -0.05) is 0 Å². The van der Waals surface area contributed by atoms with Gasteiger partial charge in [-0.3, -0.25) is 14.8 Å². The molecule has 1 aliphatic rings. The van der Waals surface area contributed by atoms with E-state index in [4.69, 9.17) is 0 Å². The Morgan fingerprint density at radius 1 is 0.968 bits per heavy atom. The average molecular weight is 441 g/mol. The summed E-state index contributed by atoms with van der Waals surface area (Å²) in [5, 5.41) is 0.318. The highest BCUT2D eigenvalue weighted by Crippen LogP contribution is 2.45. The number of nitrogens with one attached hydrogen (secondary N) is 1. The van der Waals surface area contributed by atoms with Gasteiger partial charge in [0.15, 0.2) is 5.43 Å². The Kier molecular flexibility index (Phi) is 5.26. The SMILES string of the molecule is O=c1cc(-c2cnc(C(F)(F)F)cc2[C@H]2CC[C@@H](C(F)(F)F)CC2)[nH]c2ccncc12. The molecule has 3 aromatic heterocycles. The predicted molar refractivity (Wildman–Crippen MR) is 101 cm³/mol. The number of pyridine rings is 3. The topological polar surface area (TPSA) is 58.6 Å². The van der Waals surface area contributed by atoms with Crippen molar-refractivity contribution in [3.8, 4) is 11.3 Å². The maximum Gasteiger partial charge on any atom is 0.433 e. The fraction of sp³-hybridized carbons (Fsp3) is 0.381.